The summed E-state index contributed by atoms with van der Waals surface area (Å²) in [6.07, 6.45) is 11.8. The third kappa shape index (κ3) is 8.01. The largest absolute Gasteiger partial charge is 0.0884 e. The van der Waals surface area contributed by atoms with E-state index in [0.29, 0.717) is 0 Å². The van der Waals surface area contributed by atoms with Gasteiger partial charge in [-0.2, -0.15) is 0 Å². The Balaban J connectivity index is 4.16. The van der Waals surface area contributed by atoms with Gasteiger partial charge in [-0.3, -0.25) is 0 Å². The predicted molar refractivity (Wildman–Crippen MR) is 80.3 cm³/mol. The topological polar surface area (TPSA) is 0 Å². The Morgan fingerprint density at radius 2 is 1.71 bits per heavy atom. The Hall–Kier alpha value is -0.780. The van der Waals surface area contributed by atoms with Crippen molar-refractivity contribution in [2.24, 2.45) is 5.92 Å². The first-order chi connectivity index (χ1) is 8.01. The molecule has 17 heavy (non-hydrogen) atoms. The number of rotatable bonds is 7. The van der Waals surface area contributed by atoms with Gasteiger partial charge in [-0.1, -0.05) is 41.9 Å². The van der Waals surface area contributed by atoms with Crippen LogP contribution in [-0.2, 0) is 0 Å². The van der Waals surface area contributed by atoms with Gasteiger partial charge in [-0.15, -0.1) is 0 Å². The third-order valence-corrected chi connectivity index (χ3v) is 3.43. The van der Waals surface area contributed by atoms with E-state index in [4.69, 9.17) is 0 Å². The molecule has 0 heterocycles. The molecule has 1 unspecified atom stereocenters. The maximum atomic E-state index is 2.43. The van der Waals surface area contributed by atoms with Crippen LogP contribution in [0.4, 0.5) is 0 Å². The van der Waals surface area contributed by atoms with Crippen molar-refractivity contribution in [1.82, 2.24) is 0 Å². The van der Waals surface area contributed by atoms with Crippen molar-refractivity contribution < 1.29 is 0 Å². The monoisotopic (exact) mass is 234 g/mol. The Morgan fingerprint density at radius 3 is 2.18 bits per heavy atom. The second-order valence-electron chi connectivity index (χ2n) is 5.24. The molecule has 0 heteroatoms. The zero-order chi connectivity index (χ0) is 13.3. The fourth-order valence-electron chi connectivity index (χ4n) is 1.94. The minimum atomic E-state index is 0.735. The summed E-state index contributed by atoms with van der Waals surface area (Å²) in [5.41, 5.74) is 4.49. The van der Waals surface area contributed by atoms with Gasteiger partial charge in [-0.25, -0.2) is 0 Å². The molecule has 0 radical (unpaired) electrons. The van der Waals surface area contributed by atoms with E-state index in [1.54, 1.807) is 0 Å². The van der Waals surface area contributed by atoms with Gasteiger partial charge in [0, 0.05) is 0 Å². The third-order valence-electron chi connectivity index (χ3n) is 3.43. The molecular formula is C17H30. The second kappa shape index (κ2) is 9.27. The lowest BCUT2D eigenvalue weighted by molar-refractivity contribution is 0.597. The summed E-state index contributed by atoms with van der Waals surface area (Å²) in [7, 11) is 0. The fourth-order valence-corrected chi connectivity index (χ4v) is 1.94. The molecule has 0 spiro atoms. The minimum Gasteiger partial charge on any atom is -0.0884 e. The van der Waals surface area contributed by atoms with E-state index < -0.39 is 0 Å². The summed E-state index contributed by atoms with van der Waals surface area (Å²) in [4.78, 5) is 0. The molecule has 0 nitrogen and oxygen atoms in total. The Morgan fingerprint density at radius 1 is 1.06 bits per heavy atom. The summed E-state index contributed by atoms with van der Waals surface area (Å²) in [6.45, 7) is 13.3. The molecule has 0 aliphatic rings. The van der Waals surface area contributed by atoms with Crippen LogP contribution in [0.5, 0.6) is 0 Å². The Kier molecular flexibility index (Phi) is 8.85. The van der Waals surface area contributed by atoms with Crippen molar-refractivity contribution in [1.29, 1.82) is 0 Å². The van der Waals surface area contributed by atoms with E-state index >= 15 is 0 Å². The summed E-state index contributed by atoms with van der Waals surface area (Å²) >= 11 is 0. The molecule has 0 bridgehead atoms. The molecule has 0 aliphatic heterocycles. The summed E-state index contributed by atoms with van der Waals surface area (Å²) < 4.78 is 0. The molecule has 1 atom stereocenters. The maximum Gasteiger partial charge on any atom is -0.0174 e. The van der Waals surface area contributed by atoms with Crippen LogP contribution in [0.15, 0.2) is 34.9 Å². The lowest BCUT2D eigenvalue weighted by Crippen LogP contribution is -1.99. The number of hydrogen-bond donors (Lipinski definition) is 0. The normalized spacial score (nSPS) is 14.7. The van der Waals surface area contributed by atoms with E-state index in [1.807, 2.05) is 0 Å². The van der Waals surface area contributed by atoms with Crippen molar-refractivity contribution >= 4 is 0 Å². The SMILES string of the molecule is CC=C(C)C(CC)CC=C(C)CCC=C(C)C. The van der Waals surface area contributed by atoms with Gasteiger partial charge in [0.15, 0.2) is 0 Å². The molecule has 0 aromatic heterocycles. The molecule has 0 saturated carbocycles. The van der Waals surface area contributed by atoms with Gasteiger partial charge in [0.05, 0.1) is 0 Å². The summed E-state index contributed by atoms with van der Waals surface area (Å²) in [5, 5.41) is 0. The molecule has 0 saturated heterocycles. The van der Waals surface area contributed by atoms with Crippen LogP contribution >= 0.6 is 0 Å². The quantitative estimate of drug-likeness (QED) is 0.469. The zero-order valence-electron chi connectivity index (χ0n) is 12.6. The van der Waals surface area contributed by atoms with Crippen LogP contribution in [0.1, 0.15) is 67.2 Å². The van der Waals surface area contributed by atoms with E-state index in [9.17, 15) is 0 Å². The maximum absolute atomic E-state index is 2.43. The highest BCUT2D eigenvalue weighted by atomic mass is 14.1. The molecule has 98 valence electrons. The van der Waals surface area contributed by atoms with Crippen molar-refractivity contribution in [2.75, 3.05) is 0 Å². The highest BCUT2D eigenvalue weighted by molar-refractivity contribution is 5.08. The lowest BCUT2D eigenvalue weighted by atomic mass is 9.92. The summed E-state index contributed by atoms with van der Waals surface area (Å²) in [5.74, 6) is 0.735. The van der Waals surface area contributed by atoms with Crippen LogP contribution in [0.3, 0.4) is 0 Å². The van der Waals surface area contributed by atoms with Crippen LogP contribution in [-0.4, -0.2) is 0 Å². The van der Waals surface area contributed by atoms with Gasteiger partial charge in [0.1, 0.15) is 0 Å². The standard InChI is InChI=1S/C17H30/c1-7-16(6)17(8-2)13-12-15(5)11-9-10-14(3)4/h7,10,12,17H,8-9,11,13H2,1-6H3. The molecule has 0 N–H and O–H groups in total. The number of allylic oxidation sites excluding steroid dienone is 6. The molecule has 0 amide bonds. The Bertz CT molecular complexity index is 285. The zero-order valence-corrected chi connectivity index (χ0v) is 12.6. The molecule has 0 aliphatic carbocycles. The molecule has 0 fully saturated rings. The first-order valence-corrected chi connectivity index (χ1v) is 6.93. The fraction of sp³-hybridized carbons (Fsp3) is 0.647. The highest BCUT2D eigenvalue weighted by Gasteiger charge is 2.05. The van der Waals surface area contributed by atoms with Gasteiger partial charge < -0.3 is 0 Å². The van der Waals surface area contributed by atoms with Crippen molar-refractivity contribution in [3.63, 3.8) is 0 Å². The van der Waals surface area contributed by atoms with Crippen LogP contribution in [0.25, 0.3) is 0 Å². The van der Waals surface area contributed by atoms with Gasteiger partial charge in [-0.05, 0) is 66.2 Å². The molecule has 0 aromatic carbocycles. The van der Waals surface area contributed by atoms with Gasteiger partial charge in [0.2, 0.25) is 0 Å². The van der Waals surface area contributed by atoms with Crippen molar-refractivity contribution in [3.8, 4) is 0 Å². The smallest absolute Gasteiger partial charge is 0.0174 e. The first kappa shape index (κ1) is 16.2. The van der Waals surface area contributed by atoms with E-state index in [0.717, 1.165) is 5.92 Å². The number of hydrogen-bond acceptors (Lipinski definition) is 0. The van der Waals surface area contributed by atoms with E-state index in [1.165, 1.54) is 42.4 Å². The van der Waals surface area contributed by atoms with Crippen LogP contribution in [0, 0.1) is 5.92 Å². The second-order valence-corrected chi connectivity index (χ2v) is 5.24. The lowest BCUT2D eigenvalue weighted by Gasteiger charge is -2.13. The van der Waals surface area contributed by atoms with Crippen molar-refractivity contribution in [3.05, 3.63) is 34.9 Å². The highest BCUT2D eigenvalue weighted by Crippen LogP contribution is 2.20. The molecule has 0 aromatic rings. The van der Waals surface area contributed by atoms with Gasteiger partial charge >= 0.3 is 0 Å². The van der Waals surface area contributed by atoms with Crippen LogP contribution < -0.4 is 0 Å². The van der Waals surface area contributed by atoms with E-state index in [-0.39, 0.29) is 0 Å². The Labute approximate surface area is 109 Å². The minimum absolute atomic E-state index is 0.735. The summed E-state index contributed by atoms with van der Waals surface area (Å²) in [6, 6.07) is 0. The average molecular weight is 234 g/mol. The average Bonchev–Trinajstić information content (AvgIpc) is 2.28. The van der Waals surface area contributed by atoms with E-state index in [2.05, 4.69) is 59.8 Å². The molecular weight excluding hydrogens is 204 g/mol. The van der Waals surface area contributed by atoms with Crippen molar-refractivity contribution in [2.45, 2.75) is 67.2 Å². The van der Waals surface area contributed by atoms with Gasteiger partial charge in [0.25, 0.3) is 0 Å². The van der Waals surface area contributed by atoms with Crippen LogP contribution in [0.2, 0.25) is 0 Å². The molecule has 0 rings (SSSR count). The predicted octanol–water partition coefficient (Wildman–Crippen LogP) is 6.06. The first-order valence-electron chi connectivity index (χ1n) is 6.93.